The summed E-state index contributed by atoms with van der Waals surface area (Å²) in [5.74, 6) is 0.966. The molecule has 0 radical (unpaired) electrons. The number of rotatable bonds is 5. The highest BCUT2D eigenvalue weighted by Gasteiger charge is 2.27. The van der Waals surface area contributed by atoms with E-state index in [0.717, 1.165) is 12.5 Å². The van der Waals surface area contributed by atoms with Gasteiger partial charge in [-0.3, -0.25) is 0 Å². The van der Waals surface area contributed by atoms with Gasteiger partial charge in [0.1, 0.15) is 0 Å². The van der Waals surface area contributed by atoms with Crippen molar-refractivity contribution < 1.29 is 0 Å². The molecule has 0 spiro atoms. The monoisotopic (exact) mass is 245 g/mol. The fourth-order valence-corrected chi connectivity index (χ4v) is 3.01. The van der Waals surface area contributed by atoms with Gasteiger partial charge in [0.05, 0.1) is 0 Å². The van der Waals surface area contributed by atoms with Crippen LogP contribution < -0.4 is 5.32 Å². The lowest BCUT2D eigenvalue weighted by molar-refractivity contribution is 0.482. The zero-order valence-corrected chi connectivity index (χ0v) is 12.6. The predicted molar refractivity (Wildman–Crippen MR) is 79.1 cm³/mol. The van der Waals surface area contributed by atoms with Crippen molar-refractivity contribution in [2.45, 2.75) is 59.9 Å². The first-order valence-electron chi connectivity index (χ1n) is 7.35. The second kappa shape index (κ2) is 5.44. The van der Waals surface area contributed by atoms with Crippen molar-refractivity contribution in [2.24, 2.45) is 5.92 Å². The summed E-state index contributed by atoms with van der Waals surface area (Å²) in [6, 6.07) is 2.88. The Balaban J connectivity index is 2.37. The van der Waals surface area contributed by atoms with E-state index in [2.05, 4.69) is 46.0 Å². The van der Waals surface area contributed by atoms with Gasteiger partial charge in [-0.15, -0.1) is 0 Å². The van der Waals surface area contributed by atoms with Gasteiger partial charge in [-0.1, -0.05) is 25.8 Å². The summed E-state index contributed by atoms with van der Waals surface area (Å²) in [7, 11) is 0. The SMILES string of the molecule is CCNC(CC1CC1)c1c(C)c(C)cc(C)c1C. The van der Waals surface area contributed by atoms with Crippen molar-refractivity contribution in [3.8, 4) is 0 Å². The fourth-order valence-electron chi connectivity index (χ4n) is 3.01. The molecule has 1 N–H and O–H groups in total. The summed E-state index contributed by atoms with van der Waals surface area (Å²) >= 11 is 0. The van der Waals surface area contributed by atoms with Crippen LogP contribution in [0.1, 0.15) is 60.0 Å². The van der Waals surface area contributed by atoms with Crippen LogP contribution in [0.2, 0.25) is 0 Å². The molecule has 18 heavy (non-hydrogen) atoms. The van der Waals surface area contributed by atoms with E-state index in [0.29, 0.717) is 6.04 Å². The second-order valence-corrected chi connectivity index (χ2v) is 5.96. The Morgan fingerprint density at radius 3 is 2.11 bits per heavy atom. The third-order valence-electron chi connectivity index (χ3n) is 4.49. The van der Waals surface area contributed by atoms with Crippen LogP contribution in [0, 0.1) is 33.6 Å². The first-order chi connectivity index (χ1) is 8.54. The highest BCUT2D eigenvalue weighted by Crippen LogP contribution is 2.39. The minimum absolute atomic E-state index is 0.557. The lowest BCUT2D eigenvalue weighted by Gasteiger charge is -2.25. The summed E-state index contributed by atoms with van der Waals surface area (Å²) in [6.45, 7) is 12.3. The van der Waals surface area contributed by atoms with Crippen LogP contribution in [0.5, 0.6) is 0 Å². The lowest BCUT2D eigenvalue weighted by Crippen LogP contribution is -2.23. The Labute approximate surface area is 112 Å². The molecule has 0 aliphatic heterocycles. The molecule has 100 valence electrons. The number of hydrogen-bond acceptors (Lipinski definition) is 1. The first-order valence-corrected chi connectivity index (χ1v) is 7.35. The van der Waals surface area contributed by atoms with Crippen LogP contribution in [0.25, 0.3) is 0 Å². The number of nitrogens with one attached hydrogen (secondary N) is 1. The van der Waals surface area contributed by atoms with Gasteiger partial charge in [-0.25, -0.2) is 0 Å². The van der Waals surface area contributed by atoms with Gasteiger partial charge in [0.2, 0.25) is 0 Å². The fraction of sp³-hybridized carbons (Fsp3) is 0.647. The van der Waals surface area contributed by atoms with Crippen molar-refractivity contribution in [1.82, 2.24) is 5.32 Å². The molecule has 1 saturated carbocycles. The minimum atomic E-state index is 0.557. The van der Waals surface area contributed by atoms with Gasteiger partial charge < -0.3 is 5.32 Å². The molecule has 1 aliphatic rings. The highest BCUT2D eigenvalue weighted by molar-refractivity contribution is 5.45. The van der Waals surface area contributed by atoms with Crippen molar-refractivity contribution in [2.75, 3.05) is 6.54 Å². The van der Waals surface area contributed by atoms with E-state index in [-0.39, 0.29) is 0 Å². The Kier molecular flexibility index (Phi) is 4.11. The van der Waals surface area contributed by atoms with Gasteiger partial charge in [0.25, 0.3) is 0 Å². The molecule has 0 saturated heterocycles. The van der Waals surface area contributed by atoms with Crippen LogP contribution in [0.3, 0.4) is 0 Å². The molecule has 1 aromatic carbocycles. The Hall–Kier alpha value is -0.820. The zero-order chi connectivity index (χ0) is 13.3. The van der Waals surface area contributed by atoms with E-state index in [9.17, 15) is 0 Å². The smallest absolute Gasteiger partial charge is 0.0328 e. The molecule has 1 aliphatic carbocycles. The van der Waals surface area contributed by atoms with E-state index in [1.165, 1.54) is 41.5 Å². The summed E-state index contributed by atoms with van der Waals surface area (Å²) in [5, 5.41) is 3.71. The summed E-state index contributed by atoms with van der Waals surface area (Å²) in [5.41, 5.74) is 7.43. The maximum Gasteiger partial charge on any atom is 0.0328 e. The number of aryl methyl sites for hydroxylation is 2. The molecule has 1 atom stereocenters. The largest absolute Gasteiger partial charge is 0.310 e. The number of benzene rings is 1. The molecule has 1 aromatic rings. The molecular weight excluding hydrogens is 218 g/mol. The average molecular weight is 245 g/mol. The minimum Gasteiger partial charge on any atom is -0.310 e. The lowest BCUT2D eigenvalue weighted by atomic mass is 9.87. The summed E-state index contributed by atoms with van der Waals surface area (Å²) in [4.78, 5) is 0. The predicted octanol–water partition coefficient (Wildman–Crippen LogP) is 4.37. The molecule has 1 nitrogen and oxygen atoms in total. The van der Waals surface area contributed by atoms with Crippen LogP contribution in [-0.2, 0) is 0 Å². The van der Waals surface area contributed by atoms with Crippen molar-refractivity contribution in [3.05, 3.63) is 33.9 Å². The van der Waals surface area contributed by atoms with Gasteiger partial charge in [-0.2, -0.15) is 0 Å². The average Bonchev–Trinajstić information content (AvgIpc) is 3.11. The van der Waals surface area contributed by atoms with E-state index < -0.39 is 0 Å². The zero-order valence-electron chi connectivity index (χ0n) is 12.6. The molecule has 0 heterocycles. The van der Waals surface area contributed by atoms with Crippen LogP contribution in [0.15, 0.2) is 6.07 Å². The Morgan fingerprint density at radius 2 is 1.67 bits per heavy atom. The molecule has 0 bridgehead atoms. The highest BCUT2D eigenvalue weighted by atomic mass is 14.9. The molecule has 0 amide bonds. The van der Waals surface area contributed by atoms with Gasteiger partial charge in [0.15, 0.2) is 0 Å². The molecule has 2 rings (SSSR count). The van der Waals surface area contributed by atoms with Gasteiger partial charge in [0, 0.05) is 6.04 Å². The summed E-state index contributed by atoms with van der Waals surface area (Å²) < 4.78 is 0. The van der Waals surface area contributed by atoms with Crippen molar-refractivity contribution in [3.63, 3.8) is 0 Å². The molecular formula is C17H27N. The maximum absolute atomic E-state index is 3.71. The van der Waals surface area contributed by atoms with Crippen molar-refractivity contribution in [1.29, 1.82) is 0 Å². The third-order valence-corrected chi connectivity index (χ3v) is 4.49. The molecule has 1 heteroatoms. The maximum atomic E-state index is 3.71. The van der Waals surface area contributed by atoms with Crippen molar-refractivity contribution >= 4 is 0 Å². The van der Waals surface area contributed by atoms with Gasteiger partial charge in [-0.05, 0) is 74.4 Å². The molecule has 1 unspecified atom stereocenters. The Morgan fingerprint density at radius 1 is 1.11 bits per heavy atom. The van der Waals surface area contributed by atoms with Gasteiger partial charge >= 0.3 is 0 Å². The topological polar surface area (TPSA) is 12.0 Å². The second-order valence-electron chi connectivity index (χ2n) is 5.96. The molecule has 0 aromatic heterocycles. The van der Waals surface area contributed by atoms with E-state index >= 15 is 0 Å². The standard InChI is InChI=1S/C17H27N/c1-6-18-16(10-15-7-8-15)17-13(4)11(2)9-12(3)14(17)5/h9,15-16,18H,6-8,10H2,1-5H3. The van der Waals surface area contributed by atoms with Crippen LogP contribution >= 0.6 is 0 Å². The van der Waals surface area contributed by atoms with E-state index in [1.807, 2.05) is 0 Å². The van der Waals surface area contributed by atoms with E-state index in [1.54, 1.807) is 5.56 Å². The van der Waals surface area contributed by atoms with Crippen LogP contribution in [-0.4, -0.2) is 6.54 Å². The van der Waals surface area contributed by atoms with E-state index in [4.69, 9.17) is 0 Å². The quantitative estimate of drug-likeness (QED) is 0.812. The third kappa shape index (κ3) is 2.77. The molecule has 1 fully saturated rings. The normalized spacial score (nSPS) is 16.9. The first kappa shape index (κ1) is 13.6. The Bertz CT molecular complexity index is 403. The summed E-state index contributed by atoms with van der Waals surface area (Å²) in [6.07, 6.45) is 4.19. The number of hydrogen-bond donors (Lipinski definition) is 1. The van der Waals surface area contributed by atoms with Crippen LogP contribution in [0.4, 0.5) is 0 Å².